The van der Waals surface area contributed by atoms with Crippen molar-refractivity contribution < 1.29 is 41.4 Å². The molecule has 15 heteroatoms. The van der Waals surface area contributed by atoms with Crippen LogP contribution in [0.4, 0.5) is 23.2 Å². The molecule has 1 aliphatic heterocycles. The van der Waals surface area contributed by atoms with Gasteiger partial charge in [0.15, 0.2) is 5.78 Å². The Morgan fingerprint density at radius 2 is 1.80 bits per heavy atom. The van der Waals surface area contributed by atoms with E-state index in [2.05, 4.69) is 31.1 Å². The van der Waals surface area contributed by atoms with Gasteiger partial charge in [0, 0.05) is 51.4 Å². The van der Waals surface area contributed by atoms with Crippen molar-refractivity contribution in [3.05, 3.63) is 76.6 Å². The number of nitrogens with one attached hydrogen (secondary N) is 2. The first-order chi connectivity index (χ1) is 28.1. The summed E-state index contributed by atoms with van der Waals surface area (Å²) in [6, 6.07) is 5.55. The minimum absolute atomic E-state index is 0.0163. The summed E-state index contributed by atoms with van der Waals surface area (Å²) in [4.78, 5) is 53.5. The molecule has 10 nitrogen and oxygen atoms in total. The molecular formula is C45H53F4N5O5S. The van der Waals surface area contributed by atoms with Crippen LogP contribution in [0.1, 0.15) is 89.6 Å². The van der Waals surface area contributed by atoms with E-state index in [1.54, 1.807) is 59.9 Å². The molecule has 0 radical (unpaired) electrons. The van der Waals surface area contributed by atoms with Crippen LogP contribution < -0.4 is 20.1 Å². The summed E-state index contributed by atoms with van der Waals surface area (Å²) in [6.07, 6.45) is -3.45. The predicted molar refractivity (Wildman–Crippen MR) is 225 cm³/mol. The maximum atomic E-state index is 15.2. The number of thiazole rings is 1. The summed E-state index contributed by atoms with van der Waals surface area (Å²) in [7, 11) is 1.57. The molecule has 4 atom stereocenters. The number of aryl methyl sites for hydroxylation is 1. The summed E-state index contributed by atoms with van der Waals surface area (Å²) in [5.74, 6) is -1.59. The van der Waals surface area contributed by atoms with Crippen LogP contribution in [0.2, 0.25) is 0 Å². The number of carbonyl (C=O) groups is 3. The number of fused-ring (bicyclic) bond motifs is 1. The molecule has 60 heavy (non-hydrogen) atoms. The van der Waals surface area contributed by atoms with Gasteiger partial charge in [-0.3, -0.25) is 14.4 Å². The van der Waals surface area contributed by atoms with Crippen molar-refractivity contribution in [1.82, 2.24) is 20.2 Å². The number of aromatic nitrogens is 2. The van der Waals surface area contributed by atoms with E-state index in [-0.39, 0.29) is 54.2 Å². The van der Waals surface area contributed by atoms with Crippen LogP contribution in [0.3, 0.4) is 0 Å². The molecule has 4 aromatic rings. The third kappa shape index (κ3) is 9.01. The van der Waals surface area contributed by atoms with Gasteiger partial charge in [-0.2, -0.15) is 13.2 Å². The molecule has 1 aliphatic carbocycles. The fourth-order valence-corrected chi connectivity index (χ4v) is 8.86. The number of alkyl halides is 3. The molecule has 2 fully saturated rings. The highest BCUT2D eigenvalue weighted by Gasteiger charge is 2.62. The Kier molecular flexibility index (Phi) is 12.4. The standard InChI is InChI=1S/C45H53F4N5O5S/c1-11-26-19-44(26,42(57)43(7,8)9)53-40(56)35-17-28(21-54(35)38(55)20-50-32-16-27(45(47,48)49)15-31(46)30(32)14-23(2)3)59-37-18-33(41-52-34(22-60-41)24(4)5)51-39-25(6)36(58-10)13-12-29(37)39/h11-13,15-16,18,22-24,26,28,35,50H,1,14,17,19-21H2,2-10H3,(H,53,56). The van der Waals surface area contributed by atoms with E-state index in [0.29, 0.717) is 45.6 Å². The number of likely N-dealkylation sites (tertiary alicyclic amines) is 1. The Morgan fingerprint density at radius 3 is 2.38 bits per heavy atom. The van der Waals surface area contributed by atoms with E-state index < -0.39 is 59.0 Å². The number of hydrogen-bond donors (Lipinski definition) is 2. The lowest BCUT2D eigenvalue weighted by Crippen LogP contribution is -2.55. The number of anilines is 1. The van der Waals surface area contributed by atoms with Gasteiger partial charge in [-0.25, -0.2) is 14.4 Å². The number of benzene rings is 2. The molecule has 3 heterocycles. The largest absolute Gasteiger partial charge is 0.496 e. The smallest absolute Gasteiger partial charge is 0.416 e. The second-order valence-electron chi connectivity index (χ2n) is 17.6. The Labute approximate surface area is 352 Å². The number of ketones is 1. The van der Waals surface area contributed by atoms with Gasteiger partial charge >= 0.3 is 6.18 Å². The first-order valence-electron chi connectivity index (χ1n) is 20.1. The van der Waals surface area contributed by atoms with Gasteiger partial charge in [0.2, 0.25) is 11.8 Å². The molecule has 0 spiro atoms. The zero-order valence-electron chi connectivity index (χ0n) is 35.5. The monoisotopic (exact) mass is 851 g/mol. The second kappa shape index (κ2) is 16.8. The molecule has 4 unspecified atom stereocenters. The highest BCUT2D eigenvalue weighted by atomic mass is 32.1. The number of amides is 2. The Hall–Kier alpha value is -5.05. The first kappa shape index (κ1) is 44.5. The summed E-state index contributed by atoms with van der Waals surface area (Å²) < 4.78 is 69.0. The van der Waals surface area contributed by atoms with Crippen LogP contribution in [0.5, 0.6) is 11.5 Å². The number of pyridine rings is 1. The Balaban J connectivity index is 1.36. The van der Waals surface area contributed by atoms with Crippen molar-refractivity contribution in [1.29, 1.82) is 0 Å². The number of carbonyl (C=O) groups excluding carboxylic acids is 3. The third-order valence-corrected chi connectivity index (χ3v) is 12.1. The maximum Gasteiger partial charge on any atom is 0.416 e. The summed E-state index contributed by atoms with van der Waals surface area (Å²) in [6.45, 7) is 18.1. The first-order valence-corrected chi connectivity index (χ1v) is 21.0. The molecule has 2 aromatic heterocycles. The predicted octanol–water partition coefficient (Wildman–Crippen LogP) is 9.29. The van der Waals surface area contributed by atoms with Crippen molar-refractivity contribution >= 4 is 45.5 Å². The van der Waals surface area contributed by atoms with Gasteiger partial charge in [-0.05, 0) is 55.9 Å². The molecule has 1 saturated carbocycles. The van der Waals surface area contributed by atoms with Crippen LogP contribution in [-0.4, -0.2) is 70.3 Å². The van der Waals surface area contributed by atoms with Crippen LogP contribution in [0.25, 0.3) is 21.6 Å². The van der Waals surface area contributed by atoms with E-state index in [1.165, 1.54) is 16.2 Å². The van der Waals surface area contributed by atoms with Crippen molar-refractivity contribution in [2.45, 2.75) is 104 Å². The van der Waals surface area contributed by atoms with Crippen LogP contribution in [-0.2, 0) is 27.0 Å². The molecule has 2 aromatic carbocycles. The van der Waals surface area contributed by atoms with Gasteiger partial charge < -0.3 is 25.0 Å². The van der Waals surface area contributed by atoms with E-state index >= 15 is 4.39 Å². The molecular weight excluding hydrogens is 799 g/mol. The minimum atomic E-state index is -4.83. The molecule has 6 rings (SSSR count). The van der Waals surface area contributed by atoms with E-state index in [0.717, 1.165) is 17.3 Å². The molecule has 1 saturated heterocycles. The third-order valence-electron chi connectivity index (χ3n) is 11.2. The fraction of sp³-hybridized carbons (Fsp3) is 0.489. The van der Waals surface area contributed by atoms with Crippen LogP contribution in [0, 0.1) is 30.0 Å². The van der Waals surface area contributed by atoms with Crippen LogP contribution >= 0.6 is 11.3 Å². The summed E-state index contributed by atoms with van der Waals surface area (Å²) in [5, 5.41) is 9.07. The zero-order valence-corrected chi connectivity index (χ0v) is 36.3. The lowest BCUT2D eigenvalue weighted by molar-refractivity contribution is -0.139. The SMILES string of the molecule is C=CC1CC1(NC(=O)C1CC(Oc2cc(-c3nc(C(C)C)cs3)nc3c(C)c(OC)ccc23)CN1C(=O)CNc1cc(C(F)(F)F)cc(F)c1CC(C)C)C(=O)C(C)(C)C. The number of halogens is 4. The van der Waals surface area contributed by atoms with E-state index in [9.17, 15) is 27.6 Å². The van der Waals surface area contributed by atoms with Crippen molar-refractivity contribution in [3.8, 4) is 22.2 Å². The highest BCUT2D eigenvalue weighted by molar-refractivity contribution is 7.13. The molecule has 322 valence electrons. The lowest BCUT2D eigenvalue weighted by Gasteiger charge is -2.29. The van der Waals surface area contributed by atoms with E-state index in [1.807, 2.05) is 18.4 Å². The number of rotatable bonds is 14. The number of methoxy groups -OCH3 is 1. The van der Waals surface area contributed by atoms with E-state index in [4.69, 9.17) is 19.4 Å². The average Bonchev–Trinajstić information content (AvgIpc) is 3.45. The topological polar surface area (TPSA) is 123 Å². The summed E-state index contributed by atoms with van der Waals surface area (Å²) >= 11 is 1.45. The number of Topliss-reactive ketones (excluding diaryl/α,β-unsaturated/α-hetero) is 1. The minimum Gasteiger partial charge on any atom is -0.496 e. The van der Waals surface area contributed by atoms with Crippen molar-refractivity contribution in [2.75, 3.05) is 25.5 Å². The van der Waals surface area contributed by atoms with Gasteiger partial charge in [-0.1, -0.05) is 54.5 Å². The number of nitrogens with zero attached hydrogens (tertiary/aromatic N) is 3. The van der Waals surface area contributed by atoms with Gasteiger partial charge in [0.1, 0.15) is 45.7 Å². The lowest BCUT2D eigenvalue weighted by atomic mass is 9.84. The van der Waals surface area contributed by atoms with Gasteiger partial charge in [0.05, 0.1) is 37.0 Å². The molecule has 2 N–H and O–H groups in total. The Bertz CT molecular complexity index is 2320. The van der Waals surface area contributed by atoms with Gasteiger partial charge in [0.25, 0.3) is 0 Å². The number of ether oxygens (including phenoxy) is 2. The van der Waals surface area contributed by atoms with Crippen LogP contribution in [0.15, 0.2) is 48.4 Å². The quantitative estimate of drug-likeness (QED) is 0.0952. The van der Waals surface area contributed by atoms with Crippen molar-refractivity contribution in [3.63, 3.8) is 0 Å². The molecule has 2 aliphatic rings. The number of hydrogen-bond acceptors (Lipinski definition) is 9. The zero-order chi connectivity index (χ0) is 44.1. The normalized spacial score (nSPS) is 20.4. The molecule has 2 amide bonds. The Morgan fingerprint density at radius 1 is 1.08 bits per heavy atom. The van der Waals surface area contributed by atoms with Gasteiger partial charge in [-0.15, -0.1) is 17.9 Å². The summed E-state index contributed by atoms with van der Waals surface area (Å²) in [5.41, 5.74) is -0.488. The molecule has 0 bridgehead atoms. The maximum absolute atomic E-state index is 15.2. The highest BCUT2D eigenvalue weighted by Crippen LogP contribution is 2.49. The second-order valence-corrected chi connectivity index (χ2v) is 18.4. The fourth-order valence-electron chi connectivity index (χ4n) is 7.92. The average molecular weight is 852 g/mol. The van der Waals surface area contributed by atoms with Crippen molar-refractivity contribution in [2.24, 2.45) is 17.3 Å².